The minimum absolute atomic E-state index is 0.0593. The lowest BCUT2D eigenvalue weighted by molar-refractivity contribution is 0.0540. The van der Waals surface area contributed by atoms with E-state index in [-0.39, 0.29) is 12.0 Å². The molecule has 5 rings (SSSR count). The highest BCUT2D eigenvalue weighted by Crippen LogP contribution is 2.32. The van der Waals surface area contributed by atoms with Crippen LogP contribution in [-0.4, -0.2) is 58.0 Å². The van der Waals surface area contributed by atoms with Crippen molar-refractivity contribution in [3.63, 3.8) is 0 Å². The fourth-order valence-corrected chi connectivity index (χ4v) is 5.96. The smallest absolute Gasteiger partial charge is 0.274 e. The Bertz CT molecular complexity index is 1000. The molecule has 6 nitrogen and oxygen atoms in total. The maximum atomic E-state index is 13.2. The van der Waals surface area contributed by atoms with Crippen molar-refractivity contribution in [1.29, 1.82) is 0 Å². The summed E-state index contributed by atoms with van der Waals surface area (Å²) in [5.74, 6) is 0.744. The Morgan fingerprint density at radius 2 is 1.88 bits per heavy atom. The standard InChI is InChI=1S/C26H35ClN4O2/c1-18-22(27)5-3-6-23(18)29-13-8-19(9-14-29)10-17-31-24-7-2-4-21(24)25(28-31)26(33)30-15-11-20(32)12-16-30/h3,5-6,19-20,32H,2,4,7-17H2,1H3. The third-order valence-corrected chi connectivity index (χ3v) is 8.31. The highest BCUT2D eigenvalue weighted by Gasteiger charge is 2.31. The van der Waals surface area contributed by atoms with Gasteiger partial charge in [-0.1, -0.05) is 17.7 Å². The van der Waals surface area contributed by atoms with E-state index < -0.39 is 0 Å². The number of carbonyl (C=O) groups excluding carboxylic acids is 1. The van der Waals surface area contributed by atoms with Crippen LogP contribution in [0, 0.1) is 12.8 Å². The van der Waals surface area contributed by atoms with Gasteiger partial charge in [0.1, 0.15) is 0 Å². The van der Waals surface area contributed by atoms with Gasteiger partial charge in [-0.15, -0.1) is 0 Å². The maximum absolute atomic E-state index is 13.2. The Labute approximate surface area is 201 Å². The molecule has 0 unspecified atom stereocenters. The fraction of sp³-hybridized carbons (Fsp3) is 0.615. The summed E-state index contributed by atoms with van der Waals surface area (Å²) in [7, 11) is 0. The molecule has 1 amide bonds. The molecule has 7 heteroatoms. The van der Waals surface area contributed by atoms with Gasteiger partial charge in [-0.3, -0.25) is 9.48 Å². The summed E-state index contributed by atoms with van der Waals surface area (Å²) in [5.41, 5.74) is 5.56. The number of carbonyl (C=O) groups is 1. The molecule has 3 heterocycles. The summed E-state index contributed by atoms with van der Waals surface area (Å²) < 4.78 is 2.14. The van der Waals surface area contributed by atoms with Crippen LogP contribution < -0.4 is 4.90 Å². The second-order valence-corrected chi connectivity index (χ2v) is 10.4. The van der Waals surface area contributed by atoms with E-state index in [1.165, 1.54) is 35.3 Å². The summed E-state index contributed by atoms with van der Waals surface area (Å²) in [6.45, 7) is 6.39. The molecule has 178 valence electrons. The van der Waals surface area contributed by atoms with Gasteiger partial charge in [0.15, 0.2) is 5.69 Å². The van der Waals surface area contributed by atoms with Crippen LogP contribution in [0.5, 0.6) is 0 Å². The predicted octanol–water partition coefficient (Wildman–Crippen LogP) is 4.24. The first-order chi connectivity index (χ1) is 16.0. The van der Waals surface area contributed by atoms with Gasteiger partial charge in [0, 0.05) is 54.7 Å². The van der Waals surface area contributed by atoms with Gasteiger partial charge in [-0.05, 0) is 81.9 Å². The summed E-state index contributed by atoms with van der Waals surface area (Å²) in [6, 6.07) is 6.18. The zero-order valence-corrected chi connectivity index (χ0v) is 20.4. The van der Waals surface area contributed by atoms with Crippen LogP contribution in [0.4, 0.5) is 5.69 Å². The van der Waals surface area contributed by atoms with Gasteiger partial charge in [-0.2, -0.15) is 5.10 Å². The Balaban J connectivity index is 1.20. The van der Waals surface area contributed by atoms with Gasteiger partial charge in [0.25, 0.3) is 5.91 Å². The van der Waals surface area contributed by atoms with Gasteiger partial charge in [-0.25, -0.2) is 0 Å². The van der Waals surface area contributed by atoms with Crippen molar-refractivity contribution in [3.05, 3.63) is 45.7 Å². The van der Waals surface area contributed by atoms with Gasteiger partial charge >= 0.3 is 0 Å². The SMILES string of the molecule is Cc1c(Cl)cccc1N1CCC(CCn2nc(C(=O)N3CCC(O)CC3)c3c2CCC3)CC1. The predicted molar refractivity (Wildman–Crippen MR) is 131 cm³/mol. The average Bonchev–Trinajstić information content (AvgIpc) is 3.43. The van der Waals surface area contributed by atoms with E-state index in [0.29, 0.717) is 37.5 Å². The second kappa shape index (κ2) is 9.67. The zero-order valence-electron chi connectivity index (χ0n) is 19.6. The number of benzene rings is 1. The van der Waals surface area contributed by atoms with E-state index in [1.807, 2.05) is 17.0 Å². The fourth-order valence-electron chi connectivity index (χ4n) is 5.79. The molecular weight excluding hydrogens is 436 g/mol. The largest absolute Gasteiger partial charge is 0.393 e. The molecule has 2 saturated heterocycles. The van der Waals surface area contributed by atoms with Crippen molar-refractivity contribution in [2.45, 2.75) is 70.9 Å². The van der Waals surface area contributed by atoms with Gasteiger partial charge in [0.2, 0.25) is 0 Å². The summed E-state index contributed by atoms with van der Waals surface area (Å²) >= 11 is 6.33. The number of hydrogen-bond donors (Lipinski definition) is 1. The number of aliphatic hydroxyl groups is 1. The van der Waals surface area contributed by atoms with E-state index in [4.69, 9.17) is 16.7 Å². The molecule has 2 fully saturated rings. The number of aliphatic hydroxyl groups excluding tert-OH is 1. The quantitative estimate of drug-likeness (QED) is 0.710. The van der Waals surface area contributed by atoms with Gasteiger partial charge < -0.3 is 14.9 Å². The van der Waals surface area contributed by atoms with Crippen molar-refractivity contribution >= 4 is 23.2 Å². The Hall–Kier alpha value is -2.05. The molecule has 2 aromatic rings. The molecule has 0 bridgehead atoms. The Kier molecular flexibility index (Phi) is 6.66. The number of nitrogens with zero attached hydrogens (tertiary/aromatic N) is 4. The normalized spacial score (nSPS) is 19.8. The van der Waals surface area contributed by atoms with E-state index in [2.05, 4.69) is 22.6 Å². The number of rotatable bonds is 5. The number of piperidine rings is 2. The van der Waals surface area contributed by atoms with Crippen LogP contribution >= 0.6 is 11.6 Å². The molecule has 3 aliphatic rings. The van der Waals surface area contributed by atoms with Crippen LogP contribution in [0.15, 0.2) is 18.2 Å². The monoisotopic (exact) mass is 470 g/mol. The lowest BCUT2D eigenvalue weighted by Crippen LogP contribution is -2.40. The van der Waals surface area contributed by atoms with Crippen LogP contribution in [0.3, 0.4) is 0 Å². The number of amides is 1. The van der Waals surface area contributed by atoms with E-state index in [9.17, 15) is 9.90 Å². The molecule has 2 aliphatic heterocycles. The average molecular weight is 471 g/mol. The maximum Gasteiger partial charge on any atom is 0.274 e. The molecule has 33 heavy (non-hydrogen) atoms. The van der Waals surface area contributed by atoms with Crippen molar-refractivity contribution in [2.24, 2.45) is 5.92 Å². The van der Waals surface area contributed by atoms with E-state index in [1.54, 1.807) is 0 Å². The molecule has 1 aliphatic carbocycles. The molecular formula is C26H35ClN4O2. The summed E-state index contributed by atoms with van der Waals surface area (Å²) in [4.78, 5) is 17.5. The number of aromatic nitrogens is 2. The summed E-state index contributed by atoms with van der Waals surface area (Å²) in [5, 5.41) is 15.4. The Morgan fingerprint density at radius 3 is 2.64 bits per heavy atom. The van der Waals surface area contributed by atoms with E-state index >= 15 is 0 Å². The topological polar surface area (TPSA) is 61.6 Å². The van der Waals surface area contributed by atoms with Crippen molar-refractivity contribution in [1.82, 2.24) is 14.7 Å². The van der Waals surface area contributed by atoms with E-state index in [0.717, 1.165) is 50.3 Å². The lowest BCUT2D eigenvalue weighted by atomic mass is 9.93. The first kappa shape index (κ1) is 22.7. The molecule has 1 aromatic heterocycles. The van der Waals surface area contributed by atoms with Crippen LogP contribution in [0.2, 0.25) is 5.02 Å². The lowest BCUT2D eigenvalue weighted by Gasteiger charge is -2.34. The van der Waals surface area contributed by atoms with Crippen LogP contribution in [0.25, 0.3) is 0 Å². The molecule has 0 spiro atoms. The molecule has 0 radical (unpaired) electrons. The summed E-state index contributed by atoms with van der Waals surface area (Å²) in [6.07, 6.45) is 7.64. The number of fused-ring (bicyclic) bond motifs is 1. The minimum Gasteiger partial charge on any atom is -0.393 e. The van der Waals surface area contributed by atoms with Crippen LogP contribution in [-0.2, 0) is 19.4 Å². The first-order valence-corrected chi connectivity index (χ1v) is 12.9. The third kappa shape index (κ3) is 4.65. The third-order valence-electron chi connectivity index (χ3n) is 7.90. The molecule has 0 atom stereocenters. The highest BCUT2D eigenvalue weighted by atomic mass is 35.5. The number of hydrogen-bond acceptors (Lipinski definition) is 4. The van der Waals surface area contributed by atoms with Crippen molar-refractivity contribution in [3.8, 4) is 0 Å². The van der Waals surface area contributed by atoms with Gasteiger partial charge in [0.05, 0.1) is 6.10 Å². The Morgan fingerprint density at radius 1 is 1.12 bits per heavy atom. The molecule has 1 aromatic carbocycles. The zero-order chi connectivity index (χ0) is 22.9. The minimum atomic E-state index is -0.272. The number of aryl methyl sites for hydroxylation is 1. The second-order valence-electron chi connectivity index (χ2n) is 9.98. The van der Waals surface area contributed by atoms with Crippen LogP contribution in [0.1, 0.15) is 65.8 Å². The number of anilines is 1. The van der Waals surface area contributed by atoms with Crippen molar-refractivity contribution < 1.29 is 9.90 Å². The number of halogens is 1. The highest BCUT2D eigenvalue weighted by molar-refractivity contribution is 6.31. The number of likely N-dealkylation sites (tertiary alicyclic amines) is 1. The first-order valence-electron chi connectivity index (χ1n) is 12.6. The van der Waals surface area contributed by atoms with Crippen molar-refractivity contribution in [2.75, 3.05) is 31.1 Å². The molecule has 0 saturated carbocycles. The molecule has 1 N–H and O–H groups in total.